The highest BCUT2D eigenvalue weighted by Crippen LogP contribution is 2.43. The maximum Gasteiger partial charge on any atom is 0.472 e. The zero-order valence-electron chi connectivity index (χ0n) is 36.9. The van der Waals surface area contributed by atoms with Crippen LogP contribution in [0.1, 0.15) is 232 Å². The highest BCUT2D eigenvalue weighted by atomic mass is 31.2. The van der Waals surface area contributed by atoms with E-state index in [9.17, 15) is 14.3 Å². The number of rotatable bonds is 46. The number of hydrogen-bond acceptors (Lipinski definition) is 7. The van der Waals surface area contributed by atoms with Gasteiger partial charge in [0.2, 0.25) is 0 Å². The fraction of sp³-hybridized carbons (Fsp3) is 0.894. The summed E-state index contributed by atoms with van der Waals surface area (Å²) in [5.41, 5.74) is 5.37. The second kappa shape index (κ2) is 45.1. The van der Waals surface area contributed by atoms with Crippen LogP contribution in [0.4, 0.5) is 0 Å². The average Bonchev–Trinajstić information content (AvgIpc) is 3.19. The minimum atomic E-state index is -4.27. The number of ether oxygens (including phenoxy) is 2. The molecule has 0 aliphatic heterocycles. The summed E-state index contributed by atoms with van der Waals surface area (Å²) in [6, 6.07) is 0. The largest absolute Gasteiger partial charge is 0.472 e. The Morgan fingerprint density at radius 1 is 0.536 bits per heavy atom. The van der Waals surface area contributed by atoms with E-state index < -0.39 is 13.9 Å². The van der Waals surface area contributed by atoms with Crippen molar-refractivity contribution in [3.8, 4) is 0 Å². The lowest BCUT2D eigenvalue weighted by Gasteiger charge is -2.20. The number of allylic oxidation sites excluding steroid dienone is 4. The SMILES string of the molecule is CCCCCCC/C=C\C/C=C\CCCCCCCCCCCCCCCC(=O)OC(COCCCCCCCCCCCCCC)COP(=O)(O)OCCN. The molecule has 2 atom stereocenters. The van der Waals surface area contributed by atoms with Crippen LogP contribution < -0.4 is 5.73 Å². The van der Waals surface area contributed by atoms with Gasteiger partial charge in [-0.25, -0.2) is 4.57 Å². The molecule has 2 unspecified atom stereocenters. The number of phosphoric ester groups is 1. The maximum atomic E-state index is 12.6. The van der Waals surface area contributed by atoms with E-state index in [2.05, 4.69) is 38.2 Å². The quantitative estimate of drug-likeness (QED) is 0.0270. The number of hydrogen-bond donors (Lipinski definition) is 2. The molecule has 0 spiro atoms. The zero-order valence-corrected chi connectivity index (χ0v) is 37.8. The first-order chi connectivity index (χ1) is 27.4. The number of unbranched alkanes of at least 4 members (excludes halogenated alkanes) is 29. The molecule has 0 saturated carbocycles. The Labute approximate surface area is 346 Å². The molecule has 56 heavy (non-hydrogen) atoms. The molecule has 0 heterocycles. The van der Waals surface area contributed by atoms with Crippen molar-refractivity contribution in [3.63, 3.8) is 0 Å². The van der Waals surface area contributed by atoms with Crippen LogP contribution in [0.5, 0.6) is 0 Å². The van der Waals surface area contributed by atoms with Crippen molar-refractivity contribution in [1.29, 1.82) is 0 Å². The predicted octanol–water partition coefficient (Wildman–Crippen LogP) is 14.4. The molecule has 0 aromatic rings. The minimum absolute atomic E-state index is 0.0930. The van der Waals surface area contributed by atoms with E-state index in [4.69, 9.17) is 24.3 Å². The lowest BCUT2D eigenvalue weighted by molar-refractivity contribution is -0.154. The molecule has 0 aliphatic carbocycles. The van der Waals surface area contributed by atoms with E-state index in [1.54, 1.807) is 0 Å². The van der Waals surface area contributed by atoms with E-state index in [0.29, 0.717) is 13.0 Å². The highest BCUT2D eigenvalue weighted by molar-refractivity contribution is 7.47. The van der Waals surface area contributed by atoms with Gasteiger partial charge in [0.15, 0.2) is 0 Å². The minimum Gasteiger partial charge on any atom is -0.457 e. The van der Waals surface area contributed by atoms with Gasteiger partial charge >= 0.3 is 13.8 Å². The lowest BCUT2D eigenvalue weighted by atomic mass is 10.0. The summed E-state index contributed by atoms with van der Waals surface area (Å²) in [6.45, 7) is 4.95. The van der Waals surface area contributed by atoms with Crippen molar-refractivity contribution in [2.45, 2.75) is 238 Å². The summed E-state index contributed by atoms with van der Waals surface area (Å²) >= 11 is 0. The predicted molar refractivity (Wildman–Crippen MR) is 238 cm³/mol. The van der Waals surface area contributed by atoms with E-state index in [1.165, 1.54) is 173 Å². The molecule has 0 fully saturated rings. The third-order valence-corrected chi connectivity index (χ3v) is 11.4. The first-order valence-electron chi connectivity index (χ1n) is 23.8. The Hall–Kier alpha value is -1.02. The fourth-order valence-electron chi connectivity index (χ4n) is 6.85. The van der Waals surface area contributed by atoms with Crippen molar-refractivity contribution < 1.29 is 32.8 Å². The van der Waals surface area contributed by atoms with Crippen LogP contribution in [0, 0.1) is 0 Å². The number of carbonyl (C=O) groups is 1. The Morgan fingerprint density at radius 2 is 0.946 bits per heavy atom. The van der Waals surface area contributed by atoms with E-state index >= 15 is 0 Å². The average molecular weight is 814 g/mol. The molecular formula is C47H92NO7P. The molecular weight excluding hydrogens is 721 g/mol. The van der Waals surface area contributed by atoms with Crippen LogP contribution in [0.15, 0.2) is 24.3 Å². The number of nitrogens with two attached hydrogens (primary N) is 1. The maximum absolute atomic E-state index is 12.6. The highest BCUT2D eigenvalue weighted by Gasteiger charge is 2.25. The van der Waals surface area contributed by atoms with Crippen molar-refractivity contribution >= 4 is 13.8 Å². The monoisotopic (exact) mass is 814 g/mol. The van der Waals surface area contributed by atoms with Crippen LogP contribution in [-0.2, 0) is 27.9 Å². The van der Waals surface area contributed by atoms with Gasteiger partial charge in [-0.2, -0.15) is 0 Å². The normalized spacial score (nSPS) is 13.6. The number of carbonyl (C=O) groups excluding carboxylic acids is 1. The summed E-state index contributed by atoms with van der Waals surface area (Å²) in [5, 5.41) is 0. The summed E-state index contributed by atoms with van der Waals surface area (Å²) in [6.07, 6.45) is 50.6. The Kier molecular flexibility index (Phi) is 44.3. The Morgan fingerprint density at radius 3 is 1.39 bits per heavy atom. The van der Waals surface area contributed by atoms with Gasteiger partial charge in [-0.3, -0.25) is 13.8 Å². The number of esters is 1. The van der Waals surface area contributed by atoms with Crippen LogP contribution in [-0.4, -0.2) is 49.9 Å². The standard InChI is InChI=1S/C47H92NO7P/c1-3-5-7-9-11-13-15-17-18-19-20-21-22-23-24-25-26-27-28-29-30-32-34-36-38-40-47(49)55-46(45-54-56(50,51)53-43-41-48)44-52-42-39-37-35-33-31-16-14-12-10-8-6-4-2/h15,17,19-20,46H,3-14,16,18,21-45,48H2,1-2H3,(H,50,51)/b17-15-,20-19-. The molecule has 0 rings (SSSR count). The molecule has 0 saturated heterocycles. The molecule has 332 valence electrons. The summed E-state index contributed by atoms with van der Waals surface area (Å²) in [4.78, 5) is 22.5. The van der Waals surface area contributed by atoms with Crippen molar-refractivity contribution in [2.24, 2.45) is 5.73 Å². The Balaban J connectivity index is 3.88. The van der Waals surface area contributed by atoms with E-state index in [1.807, 2.05) is 0 Å². The molecule has 0 bridgehead atoms. The van der Waals surface area contributed by atoms with Crippen LogP contribution in [0.25, 0.3) is 0 Å². The second-order valence-corrected chi connectivity index (χ2v) is 17.4. The van der Waals surface area contributed by atoms with Gasteiger partial charge in [-0.15, -0.1) is 0 Å². The van der Waals surface area contributed by atoms with Gasteiger partial charge in [-0.05, 0) is 44.9 Å². The topological polar surface area (TPSA) is 117 Å². The molecule has 8 nitrogen and oxygen atoms in total. The van der Waals surface area contributed by atoms with Crippen molar-refractivity contribution in [1.82, 2.24) is 0 Å². The number of phosphoric acid groups is 1. The van der Waals surface area contributed by atoms with Gasteiger partial charge in [0.25, 0.3) is 0 Å². The summed E-state index contributed by atoms with van der Waals surface area (Å²) < 4.78 is 33.5. The van der Waals surface area contributed by atoms with E-state index in [0.717, 1.165) is 38.5 Å². The van der Waals surface area contributed by atoms with Gasteiger partial charge in [0.05, 0.1) is 19.8 Å². The fourth-order valence-corrected chi connectivity index (χ4v) is 7.62. The molecule has 3 N–H and O–H groups in total. The third-order valence-electron chi connectivity index (χ3n) is 10.4. The smallest absolute Gasteiger partial charge is 0.457 e. The summed E-state index contributed by atoms with van der Waals surface area (Å²) in [5.74, 6) is -0.328. The van der Waals surface area contributed by atoms with Crippen LogP contribution >= 0.6 is 7.82 Å². The van der Waals surface area contributed by atoms with Gasteiger partial charge in [-0.1, -0.05) is 205 Å². The van der Waals surface area contributed by atoms with Gasteiger partial charge in [0, 0.05) is 19.6 Å². The second-order valence-electron chi connectivity index (χ2n) is 16.0. The molecule has 0 amide bonds. The molecule has 0 radical (unpaired) electrons. The molecule has 0 aromatic heterocycles. The van der Waals surface area contributed by atoms with Crippen LogP contribution in [0.2, 0.25) is 0 Å². The Bertz CT molecular complexity index is 915. The molecule has 0 aromatic carbocycles. The summed E-state index contributed by atoms with van der Waals surface area (Å²) in [7, 11) is -4.27. The van der Waals surface area contributed by atoms with Crippen LogP contribution in [0.3, 0.4) is 0 Å². The molecule has 0 aliphatic rings. The van der Waals surface area contributed by atoms with Crippen molar-refractivity contribution in [2.75, 3.05) is 33.0 Å². The first-order valence-corrected chi connectivity index (χ1v) is 25.3. The van der Waals surface area contributed by atoms with Crippen molar-refractivity contribution in [3.05, 3.63) is 24.3 Å². The first kappa shape index (κ1) is 55.0. The van der Waals surface area contributed by atoms with Gasteiger partial charge < -0.3 is 20.1 Å². The third kappa shape index (κ3) is 44.1. The zero-order chi connectivity index (χ0) is 40.9. The van der Waals surface area contributed by atoms with E-state index in [-0.39, 0.29) is 32.3 Å². The molecule has 9 heteroatoms. The van der Waals surface area contributed by atoms with Gasteiger partial charge in [0.1, 0.15) is 6.10 Å². The lowest BCUT2D eigenvalue weighted by Crippen LogP contribution is -2.28.